The molecule has 0 N–H and O–H groups in total. The number of rotatable bonds is 4. The van der Waals surface area contributed by atoms with Crippen molar-refractivity contribution in [1.82, 2.24) is 25.1 Å². The van der Waals surface area contributed by atoms with Crippen LogP contribution in [-0.2, 0) is 4.79 Å². The highest BCUT2D eigenvalue weighted by molar-refractivity contribution is 7.99. The first-order valence-corrected chi connectivity index (χ1v) is 9.76. The van der Waals surface area contributed by atoms with Gasteiger partial charge in [-0.2, -0.15) is 4.68 Å². The summed E-state index contributed by atoms with van der Waals surface area (Å²) >= 11 is 1.40. The van der Waals surface area contributed by atoms with Crippen LogP contribution in [-0.4, -0.2) is 48.9 Å². The third-order valence-electron chi connectivity index (χ3n) is 4.98. The van der Waals surface area contributed by atoms with E-state index in [1.165, 1.54) is 29.3 Å². The molecule has 2 atom stereocenters. The number of aromatic nitrogens is 4. The number of tetrazole rings is 1. The zero-order valence-corrected chi connectivity index (χ0v) is 16.1. The summed E-state index contributed by atoms with van der Waals surface area (Å²) in [4.78, 5) is 14.7. The molecule has 0 spiro atoms. The molecule has 3 rings (SSSR count). The number of likely N-dealkylation sites (tertiary alicyclic amines) is 1. The summed E-state index contributed by atoms with van der Waals surface area (Å²) in [5.41, 5.74) is 3.34. The van der Waals surface area contributed by atoms with Crippen molar-refractivity contribution in [3.05, 3.63) is 29.3 Å². The fourth-order valence-electron chi connectivity index (χ4n) is 3.40. The van der Waals surface area contributed by atoms with Gasteiger partial charge in [0.25, 0.3) is 0 Å². The van der Waals surface area contributed by atoms with Crippen LogP contribution in [0.3, 0.4) is 0 Å². The Morgan fingerprint density at radius 3 is 2.60 bits per heavy atom. The number of thioether (sulfide) groups is 1. The van der Waals surface area contributed by atoms with Crippen LogP contribution in [0.15, 0.2) is 23.4 Å². The number of aryl methyl sites for hydroxylation is 2. The highest BCUT2D eigenvalue weighted by Crippen LogP contribution is 2.25. The van der Waals surface area contributed by atoms with Gasteiger partial charge in [-0.25, -0.2) is 0 Å². The molecule has 134 valence electrons. The lowest BCUT2D eigenvalue weighted by Gasteiger charge is -2.39. The van der Waals surface area contributed by atoms with Crippen molar-refractivity contribution in [2.45, 2.75) is 64.2 Å². The van der Waals surface area contributed by atoms with Crippen molar-refractivity contribution in [2.24, 2.45) is 0 Å². The molecule has 1 aromatic heterocycles. The van der Waals surface area contributed by atoms with Crippen LogP contribution in [0.4, 0.5) is 0 Å². The fraction of sp³-hybridized carbons (Fsp3) is 0.556. The first-order valence-electron chi connectivity index (χ1n) is 8.77. The lowest BCUT2D eigenvalue weighted by molar-refractivity contribution is -0.134. The van der Waals surface area contributed by atoms with Crippen LogP contribution in [0, 0.1) is 13.8 Å². The first kappa shape index (κ1) is 17.9. The minimum atomic E-state index is 0.166. The van der Waals surface area contributed by atoms with E-state index < -0.39 is 0 Å². The number of carbonyl (C=O) groups is 1. The average molecular weight is 359 g/mol. The number of piperidine rings is 1. The molecule has 0 bridgehead atoms. The lowest BCUT2D eigenvalue weighted by Crippen LogP contribution is -2.48. The summed E-state index contributed by atoms with van der Waals surface area (Å²) in [5.74, 6) is 0.527. The van der Waals surface area contributed by atoms with Gasteiger partial charge >= 0.3 is 0 Å². The average Bonchev–Trinajstić information content (AvgIpc) is 3.04. The van der Waals surface area contributed by atoms with Crippen molar-refractivity contribution >= 4 is 17.7 Å². The molecule has 1 saturated heterocycles. The third-order valence-corrected chi connectivity index (χ3v) is 5.89. The monoisotopic (exact) mass is 359 g/mol. The molecule has 1 aromatic carbocycles. The molecule has 1 aliphatic rings. The molecule has 7 heteroatoms. The molecule has 0 unspecified atom stereocenters. The zero-order valence-electron chi connectivity index (χ0n) is 15.3. The smallest absolute Gasteiger partial charge is 0.233 e. The molecule has 0 radical (unpaired) electrons. The second-order valence-corrected chi connectivity index (χ2v) is 7.80. The Labute approximate surface area is 153 Å². The second kappa shape index (κ2) is 7.56. The van der Waals surface area contributed by atoms with Crippen LogP contribution in [0.1, 0.15) is 44.2 Å². The predicted octanol–water partition coefficient (Wildman–Crippen LogP) is 3.16. The van der Waals surface area contributed by atoms with Gasteiger partial charge in [0.15, 0.2) is 0 Å². The molecule has 0 saturated carbocycles. The van der Waals surface area contributed by atoms with Gasteiger partial charge in [-0.15, -0.1) is 5.10 Å². The van der Waals surface area contributed by atoms with Gasteiger partial charge in [0.1, 0.15) is 0 Å². The van der Waals surface area contributed by atoms with E-state index in [0.29, 0.717) is 23.0 Å². The van der Waals surface area contributed by atoms with Crippen LogP contribution in [0.5, 0.6) is 0 Å². The van der Waals surface area contributed by atoms with E-state index in [2.05, 4.69) is 55.4 Å². The molecular weight excluding hydrogens is 334 g/mol. The Morgan fingerprint density at radius 1 is 1.20 bits per heavy atom. The molecular formula is C18H25N5OS. The maximum absolute atomic E-state index is 12.7. The van der Waals surface area contributed by atoms with Gasteiger partial charge in [0, 0.05) is 12.1 Å². The van der Waals surface area contributed by atoms with Gasteiger partial charge in [0.05, 0.1) is 11.4 Å². The van der Waals surface area contributed by atoms with Crippen molar-refractivity contribution in [1.29, 1.82) is 0 Å². The normalized spacial score (nSPS) is 20.7. The Hall–Kier alpha value is -1.89. The number of carbonyl (C=O) groups excluding carboxylic acids is 1. The van der Waals surface area contributed by atoms with Crippen molar-refractivity contribution in [2.75, 3.05) is 5.75 Å². The van der Waals surface area contributed by atoms with Gasteiger partial charge in [-0.1, -0.05) is 17.8 Å². The summed E-state index contributed by atoms with van der Waals surface area (Å²) < 4.78 is 1.70. The third kappa shape index (κ3) is 3.86. The molecule has 1 aliphatic heterocycles. The summed E-state index contributed by atoms with van der Waals surface area (Å²) in [7, 11) is 0. The van der Waals surface area contributed by atoms with Crippen molar-refractivity contribution in [3.8, 4) is 5.69 Å². The van der Waals surface area contributed by atoms with Gasteiger partial charge in [-0.05, 0) is 80.6 Å². The van der Waals surface area contributed by atoms with Crippen LogP contribution in [0.2, 0.25) is 0 Å². The zero-order chi connectivity index (χ0) is 18.0. The Bertz CT molecular complexity index is 750. The van der Waals surface area contributed by atoms with E-state index in [4.69, 9.17) is 0 Å². The minimum absolute atomic E-state index is 0.166. The number of hydrogen-bond acceptors (Lipinski definition) is 5. The summed E-state index contributed by atoms with van der Waals surface area (Å²) in [6.45, 7) is 8.42. The maximum Gasteiger partial charge on any atom is 0.233 e. The fourth-order valence-corrected chi connectivity index (χ4v) is 4.16. The Morgan fingerprint density at radius 2 is 1.92 bits per heavy atom. The quantitative estimate of drug-likeness (QED) is 0.785. The second-order valence-electron chi connectivity index (χ2n) is 6.86. The molecule has 1 fully saturated rings. The molecule has 6 nitrogen and oxygen atoms in total. The van der Waals surface area contributed by atoms with Crippen LogP contribution >= 0.6 is 11.8 Å². The van der Waals surface area contributed by atoms with Crippen molar-refractivity contribution in [3.63, 3.8) is 0 Å². The number of nitrogens with zero attached hydrogens (tertiary/aromatic N) is 5. The minimum Gasteiger partial charge on any atom is -0.337 e. The number of hydrogen-bond donors (Lipinski definition) is 0. The molecule has 0 aliphatic carbocycles. The Kier molecular flexibility index (Phi) is 5.42. The highest BCUT2D eigenvalue weighted by Gasteiger charge is 2.29. The largest absolute Gasteiger partial charge is 0.337 e. The van der Waals surface area contributed by atoms with E-state index in [1.807, 2.05) is 11.0 Å². The van der Waals surface area contributed by atoms with E-state index in [0.717, 1.165) is 18.5 Å². The Balaban J connectivity index is 1.71. The topological polar surface area (TPSA) is 63.9 Å². The standard InChI is InChI=1S/C18H25N5OS/c1-12-8-9-16(10-13(12)2)23-18(19-20-21-23)25-11-17(24)22-14(3)6-5-7-15(22)4/h8-10,14-15H,5-7,11H2,1-4H3/t14-,15+. The maximum atomic E-state index is 12.7. The first-order chi connectivity index (χ1) is 12.0. The van der Waals surface area contributed by atoms with E-state index in [-0.39, 0.29) is 5.91 Å². The van der Waals surface area contributed by atoms with Crippen molar-refractivity contribution < 1.29 is 4.79 Å². The van der Waals surface area contributed by atoms with E-state index in [9.17, 15) is 4.79 Å². The van der Waals surface area contributed by atoms with E-state index in [1.54, 1.807) is 4.68 Å². The van der Waals surface area contributed by atoms with Gasteiger partial charge in [0.2, 0.25) is 11.1 Å². The number of benzene rings is 1. The lowest BCUT2D eigenvalue weighted by atomic mass is 9.98. The predicted molar refractivity (Wildman–Crippen MR) is 99.0 cm³/mol. The van der Waals surface area contributed by atoms with Gasteiger partial charge in [-0.3, -0.25) is 4.79 Å². The van der Waals surface area contributed by atoms with Gasteiger partial charge < -0.3 is 4.90 Å². The summed E-state index contributed by atoms with van der Waals surface area (Å²) in [6, 6.07) is 6.74. The summed E-state index contributed by atoms with van der Waals surface area (Å²) in [6.07, 6.45) is 3.37. The SMILES string of the molecule is Cc1ccc(-n2nnnc2SCC(=O)N2[C@H](C)CCC[C@@H]2C)cc1C. The molecule has 1 amide bonds. The molecule has 2 heterocycles. The van der Waals surface area contributed by atoms with Crippen LogP contribution < -0.4 is 0 Å². The van der Waals surface area contributed by atoms with E-state index >= 15 is 0 Å². The summed E-state index contributed by atoms with van der Waals surface area (Å²) in [5, 5.41) is 12.6. The molecule has 2 aromatic rings. The van der Waals surface area contributed by atoms with Crippen LogP contribution in [0.25, 0.3) is 5.69 Å². The highest BCUT2D eigenvalue weighted by atomic mass is 32.2. The number of amides is 1. The molecule has 25 heavy (non-hydrogen) atoms.